The molecule has 0 saturated carbocycles. The number of rotatable bonds is 7. The molecule has 1 aromatic carbocycles. The van der Waals surface area contributed by atoms with Crippen LogP contribution in [-0.2, 0) is 27.8 Å². The summed E-state index contributed by atoms with van der Waals surface area (Å²) in [5.41, 5.74) is 1.95. The highest BCUT2D eigenvalue weighted by atomic mass is 32.2. The molecular formula is C17H27N3O4S. The topological polar surface area (TPSA) is 90.0 Å². The molecule has 1 amide bonds. The summed E-state index contributed by atoms with van der Waals surface area (Å²) in [5.74, 6) is 0.0407. The highest BCUT2D eigenvalue weighted by molar-refractivity contribution is 7.89. The van der Waals surface area contributed by atoms with Crippen molar-refractivity contribution in [2.45, 2.75) is 37.3 Å². The number of nitrogens with one attached hydrogen (secondary N) is 1. The number of fused-ring (bicyclic) bond motifs is 1. The monoisotopic (exact) mass is 369 g/mol. The smallest absolute Gasteiger partial charge is 0.240 e. The number of nitrogens with zero attached hydrogens (tertiary/aromatic N) is 2. The Bertz CT molecular complexity index is 717. The lowest BCUT2D eigenvalue weighted by Crippen LogP contribution is -2.41. The van der Waals surface area contributed by atoms with Crippen molar-refractivity contribution in [1.29, 1.82) is 0 Å². The Morgan fingerprint density at radius 3 is 2.72 bits per heavy atom. The molecule has 1 heterocycles. The van der Waals surface area contributed by atoms with Crippen molar-refractivity contribution in [3.63, 3.8) is 0 Å². The number of amides is 1. The predicted octanol–water partition coefficient (Wildman–Crippen LogP) is 0.182. The minimum absolute atomic E-state index is 0.0407. The highest BCUT2D eigenvalue weighted by Gasteiger charge is 2.23. The first-order valence-electron chi connectivity index (χ1n) is 8.41. The quantitative estimate of drug-likeness (QED) is 0.716. The SMILES string of the molecule is C[C@@H](O)CCNS(=O)(=O)c1ccc2c(c1)CN(C(=O)CN(C)C)CC2. The zero-order chi connectivity index (χ0) is 18.6. The fraction of sp³-hybridized carbons (Fsp3) is 0.588. The van der Waals surface area contributed by atoms with E-state index >= 15 is 0 Å². The van der Waals surface area contributed by atoms with Crippen LogP contribution >= 0.6 is 0 Å². The van der Waals surface area contributed by atoms with Gasteiger partial charge in [-0.3, -0.25) is 4.79 Å². The molecule has 2 N–H and O–H groups in total. The second-order valence-electron chi connectivity index (χ2n) is 6.77. The molecule has 0 bridgehead atoms. The number of benzene rings is 1. The fourth-order valence-electron chi connectivity index (χ4n) is 2.77. The van der Waals surface area contributed by atoms with E-state index in [1.807, 2.05) is 25.1 Å². The van der Waals surface area contributed by atoms with E-state index in [-0.39, 0.29) is 17.3 Å². The minimum Gasteiger partial charge on any atom is -0.393 e. The predicted molar refractivity (Wildman–Crippen MR) is 95.6 cm³/mol. The van der Waals surface area contributed by atoms with Crippen molar-refractivity contribution < 1.29 is 18.3 Å². The van der Waals surface area contributed by atoms with Gasteiger partial charge in [-0.05, 0) is 57.1 Å². The van der Waals surface area contributed by atoms with Crippen molar-refractivity contribution in [2.24, 2.45) is 0 Å². The maximum atomic E-state index is 12.4. The summed E-state index contributed by atoms with van der Waals surface area (Å²) in [4.78, 5) is 16.0. The largest absolute Gasteiger partial charge is 0.393 e. The van der Waals surface area contributed by atoms with Crippen LogP contribution in [0.1, 0.15) is 24.5 Å². The second-order valence-corrected chi connectivity index (χ2v) is 8.54. The maximum absolute atomic E-state index is 12.4. The Kier molecular flexibility index (Phi) is 6.56. The van der Waals surface area contributed by atoms with Crippen LogP contribution in [0.3, 0.4) is 0 Å². The van der Waals surface area contributed by atoms with E-state index in [0.717, 1.165) is 17.5 Å². The molecule has 0 aliphatic carbocycles. The first kappa shape index (κ1) is 19.8. The lowest BCUT2D eigenvalue weighted by molar-refractivity contribution is -0.132. The Labute approximate surface area is 149 Å². The third kappa shape index (κ3) is 5.50. The van der Waals surface area contributed by atoms with Crippen LogP contribution < -0.4 is 4.72 Å². The summed E-state index contributed by atoms with van der Waals surface area (Å²) >= 11 is 0. The molecule has 1 aliphatic rings. The van der Waals surface area contributed by atoms with Gasteiger partial charge in [0, 0.05) is 19.6 Å². The third-order valence-corrected chi connectivity index (χ3v) is 5.62. The summed E-state index contributed by atoms with van der Waals surface area (Å²) < 4.78 is 27.3. The van der Waals surface area contributed by atoms with Gasteiger partial charge in [-0.1, -0.05) is 6.07 Å². The maximum Gasteiger partial charge on any atom is 0.240 e. The molecule has 1 aliphatic heterocycles. The Balaban J connectivity index is 2.12. The van der Waals surface area contributed by atoms with Crippen molar-refractivity contribution in [2.75, 3.05) is 33.7 Å². The van der Waals surface area contributed by atoms with Gasteiger partial charge in [0.1, 0.15) is 0 Å². The summed E-state index contributed by atoms with van der Waals surface area (Å²) in [6.45, 7) is 3.22. The highest BCUT2D eigenvalue weighted by Crippen LogP contribution is 2.22. The average molecular weight is 369 g/mol. The van der Waals surface area contributed by atoms with E-state index in [1.165, 1.54) is 0 Å². The Morgan fingerprint density at radius 1 is 1.36 bits per heavy atom. The van der Waals surface area contributed by atoms with Gasteiger partial charge >= 0.3 is 0 Å². The molecule has 1 aromatic rings. The van der Waals surface area contributed by atoms with Gasteiger partial charge in [0.2, 0.25) is 15.9 Å². The molecular weight excluding hydrogens is 342 g/mol. The molecule has 140 valence electrons. The van der Waals surface area contributed by atoms with E-state index in [9.17, 15) is 18.3 Å². The standard InChI is InChI=1S/C17H27N3O4S/c1-13(21)6-8-18-25(23,24)16-5-4-14-7-9-20(11-15(14)10-16)17(22)12-19(2)3/h4-5,10,13,18,21H,6-9,11-12H2,1-3H3/t13-/m1/s1. The van der Waals surface area contributed by atoms with Crippen LogP contribution in [0.2, 0.25) is 0 Å². The number of hydrogen-bond acceptors (Lipinski definition) is 5. The minimum atomic E-state index is -3.62. The van der Waals surface area contributed by atoms with Crippen LogP contribution in [0.4, 0.5) is 0 Å². The van der Waals surface area contributed by atoms with E-state index in [4.69, 9.17) is 0 Å². The number of aliphatic hydroxyl groups excluding tert-OH is 1. The molecule has 0 radical (unpaired) electrons. The number of carbonyl (C=O) groups excluding carboxylic acids is 1. The molecule has 0 fully saturated rings. The van der Waals surface area contributed by atoms with E-state index in [1.54, 1.807) is 24.0 Å². The molecule has 0 saturated heterocycles. The number of carbonyl (C=O) groups is 1. The van der Waals surface area contributed by atoms with Crippen molar-refractivity contribution in [3.8, 4) is 0 Å². The Morgan fingerprint density at radius 2 is 2.08 bits per heavy atom. The first-order chi connectivity index (χ1) is 11.7. The van der Waals surface area contributed by atoms with Crippen molar-refractivity contribution in [3.05, 3.63) is 29.3 Å². The van der Waals surface area contributed by atoms with Crippen molar-refractivity contribution >= 4 is 15.9 Å². The molecule has 25 heavy (non-hydrogen) atoms. The molecule has 0 unspecified atom stereocenters. The van der Waals surface area contributed by atoms with Gasteiger partial charge in [0.25, 0.3) is 0 Å². The molecule has 0 aromatic heterocycles. The lowest BCUT2D eigenvalue weighted by atomic mass is 10.00. The van der Waals surface area contributed by atoms with Gasteiger partial charge in [-0.2, -0.15) is 0 Å². The zero-order valence-electron chi connectivity index (χ0n) is 15.0. The van der Waals surface area contributed by atoms with Crippen LogP contribution in [0.5, 0.6) is 0 Å². The van der Waals surface area contributed by atoms with Crippen LogP contribution in [-0.4, -0.2) is 69.1 Å². The van der Waals surface area contributed by atoms with E-state index < -0.39 is 16.1 Å². The number of aliphatic hydroxyl groups is 1. The van der Waals surface area contributed by atoms with Gasteiger partial charge < -0.3 is 14.9 Å². The third-order valence-electron chi connectivity index (χ3n) is 4.16. The second kappa shape index (κ2) is 8.27. The summed E-state index contributed by atoms with van der Waals surface area (Å²) in [7, 11) is 0.0743. The first-order valence-corrected chi connectivity index (χ1v) is 9.89. The normalized spacial score (nSPS) is 16.0. The van der Waals surface area contributed by atoms with Crippen LogP contribution in [0.25, 0.3) is 0 Å². The number of likely N-dealkylation sites (N-methyl/N-ethyl adjacent to an activating group) is 1. The van der Waals surface area contributed by atoms with Crippen molar-refractivity contribution in [1.82, 2.24) is 14.5 Å². The van der Waals surface area contributed by atoms with Gasteiger partial charge in [0.05, 0.1) is 17.5 Å². The van der Waals surface area contributed by atoms with E-state index in [2.05, 4.69) is 4.72 Å². The zero-order valence-corrected chi connectivity index (χ0v) is 15.8. The molecule has 8 heteroatoms. The Hall–Kier alpha value is -1.48. The number of hydrogen-bond donors (Lipinski definition) is 2. The van der Waals surface area contributed by atoms with Crippen LogP contribution in [0.15, 0.2) is 23.1 Å². The van der Waals surface area contributed by atoms with Gasteiger partial charge in [0.15, 0.2) is 0 Å². The summed E-state index contributed by atoms with van der Waals surface area (Å²) in [6, 6.07) is 5.07. The molecule has 7 nitrogen and oxygen atoms in total. The summed E-state index contributed by atoms with van der Waals surface area (Å²) in [5, 5.41) is 9.25. The van der Waals surface area contributed by atoms with Crippen LogP contribution in [0, 0.1) is 0 Å². The molecule has 1 atom stereocenters. The molecule has 2 rings (SSSR count). The number of sulfonamides is 1. The average Bonchev–Trinajstić information content (AvgIpc) is 2.52. The lowest BCUT2D eigenvalue weighted by Gasteiger charge is -2.30. The van der Waals surface area contributed by atoms with E-state index in [0.29, 0.717) is 26.1 Å². The summed E-state index contributed by atoms with van der Waals surface area (Å²) in [6.07, 6.45) is 0.531. The molecule has 0 spiro atoms. The fourth-order valence-corrected chi connectivity index (χ4v) is 3.87. The van der Waals surface area contributed by atoms with Gasteiger partial charge in [-0.25, -0.2) is 13.1 Å². The van der Waals surface area contributed by atoms with Gasteiger partial charge in [-0.15, -0.1) is 0 Å².